The first-order valence-electron chi connectivity index (χ1n) is 20.2. The minimum Gasteiger partial charge on any atom is -0.0826 e. The Morgan fingerprint density at radius 2 is 0.737 bits per heavy atom. The summed E-state index contributed by atoms with van der Waals surface area (Å²) in [6, 6.07) is 74.9. The van der Waals surface area contributed by atoms with Gasteiger partial charge in [-0.25, -0.2) is 0 Å². The first-order chi connectivity index (χ1) is 28.0. The summed E-state index contributed by atoms with van der Waals surface area (Å²) in [7, 11) is 0. The van der Waals surface area contributed by atoms with Crippen molar-refractivity contribution in [1.82, 2.24) is 0 Å². The molecule has 7 aromatic carbocycles. The second kappa shape index (κ2) is 18.0. The van der Waals surface area contributed by atoms with Gasteiger partial charge in [-0.05, 0) is 118 Å². The number of benzene rings is 7. The van der Waals surface area contributed by atoms with E-state index in [1.807, 2.05) is 0 Å². The minimum absolute atomic E-state index is 0.488. The third-order valence-electron chi connectivity index (χ3n) is 11.5. The minimum atomic E-state index is -0.488. The van der Waals surface area contributed by atoms with Gasteiger partial charge in [-0.2, -0.15) is 0 Å². The Balaban J connectivity index is 1.53. The Morgan fingerprint density at radius 3 is 1.14 bits per heavy atom. The molecule has 0 spiro atoms. The van der Waals surface area contributed by atoms with E-state index in [4.69, 9.17) is 0 Å². The van der Waals surface area contributed by atoms with Crippen molar-refractivity contribution in [3.63, 3.8) is 0 Å². The van der Waals surface area contributed by atoms with Crippen LogP contribution in [-0.2, 0) is 5.41 Å². The van der Waals surface area contributed by atoms with Gasteiger partial charge < -0.3 is 0 Å². The van der Waals surface area contributed by atoms with Crippen molar-refractivity contribution in [2.45, 2.75) is 46.5 Å². The zero-order valence-corrected chi connectivity index (χ0v) is 33.9. The highest BCUT2D eigenvalue weighted by molar-refractivity contribution is 6.21. The van der Waals surface area contributed by atoms with Crippen LogP contribution in [0.2, 0.25) is 0 Å². The molecule has 0 nitrogen and oxygen atoms in total. The van der Waals surface area contributed by atoms with Crippen molar-refractivity contribution >= 4 is 39.0 Å². The molecule has 0 amide bonds. The molecule has 0 radical (unpaired) electrons. The number of allylic oxidation sites excluding steroid dienone is 8. The van der Waals surface area contributed by atoms with Gasteiger partial charge in [0.2, 0.25) is 0 Å². The van der Waals surface area contributed by atoms with E-state index in [9.17, 15) is 0 Å². The lowest BCUT2D eigenvalue weighted by Gasteiger charge is -2.39. The summed E-state index contributed by atoms with van der Waals surface area (Å²) in [5.74, 6) is 0. The molecule has 1 atom stereocenters. The maximum atomic E-state index is 2.43. The summed E-state index contributed by atoms with van der Waals surface area (Å²) >= 11 is 0. The van der Waals surface area contributed by atoms with Gasteiger partial charge in [0, 0.05) is 5.41 Å². The van der Waals surface area contributed by atoms with Crippen LogP contribution in [0.1, 0.15) is 85.5 Å². The quantitative estimate of drug-likeness (QED) is 0.0865. The summed E-state index contributed by atoms with van der Waals surface area (Å²) in [5.41, 5.74) is 18.1. The van der Waals surface area contributed by atoms with Crippen LogP contribution in [0, 0.1) is 0 Å². The topological polar surface area (TPSA) is 0 Å². The van der Waals surface area contributed by atoms with E-state index in [0.29, 0.717) is 0 Å². The number of hydrogen-bond donors (Lipinski definition) is 0. The highest BCUT2D eigenvalue weighted by atomic mass is 14.4. The van der Waals surface area contributed by atoms with Gasteiger partial charge in [0.25, 0.3) is 0 Å². The highest BCUT2D eigenvalue weighted by Gasteiger charge is 2.38. The zero-order valence-electron chi connectivity index (χ0n) is 33.9. The fourth-order valence-electron chi connectivity index (χ4n) is 8.67. The molecule has 7 aromatic rings. The van der Waals surface area contributed by atoms with Crippen LogP contribution in [-0.4, -0.2) is 0 Å². The summed E-state index contributed by atoms with van der Waals surface area (Å²) in [5, 5.41) is 0. The summed E-state index contributed by atoms with van der Waals surface area (Å²) in [6.07, 6.45) is 3.20. The predicted octanol–water partition coefficient (Wildman–Crippen LogP) is 15.6. The molecule has 0 saturated heterocycles. The fraction of sp³-hybridized carbons (Fsp3) is 0.123. The van der Waals surface area contributed by atoms with Gasteiger partial charge in [0.15, 0.2) is 0 Å². The van der Waals surface area contributed by atoms with E-state index in [2.05, 4.69) is 247 Å². The van der Waals surface area contributed by atoms with Crippen molar-refractivity contribution < 1.29 is 0 Å². The average Bonchev–Trinajstić information content (AvgIpc) is 3.29. The summed E-state index contributed by atoms with van der Waals surface area (Å²) in [6.45, 7) is 11.5. The third-order valence-corrected chi connectivity index (χ3v) is 11.5. The molecule has 0 aromatic heterocycles. The lowest BCUT2D eigenvalue weighted by atomic mass is 9.64. The van der Waals surface area contributed by atoms with Gasteiger partial charge >= 0.3 is 0 Å². The third kappa shape index (κ3) is 8.09. The Hall–Kier alpha value is -6.50. The molecule has 0 aliphatic carbocycles. The smallest absolute Gasteiger partial charge is 0.0434 e. The van der Waals surface area contributed by atoms with Crippen LogP contribution >= 0.6 is 0 Å². The van der Waals surface area contributed by atoms with Crippen LogP contribution in [0.4, 0.5) is 0 Å². The van der Waals surface area contributed by atoms with E-state index in [1.165, 1.54) is 83.5 Å². The molecule has 280 valence electrons. The van der Waals surface area contributed by atoms with Crippen molar-refractivity contribution in [2.75, 3.05) is 0 Å². The molecule has 57 heavy (non-hydrogen) atoms. The molecular weight excluding hydrogens is 685 g/mol. The standard InChI is InChI=1S/C57H52/c1-6-52(46-30-18-10-19-31-46)56(57(5,51-36-24-13-25-37-51)53(7-2)47-32-20-11-21-33-47)50-40-38-49(39-41-50)55(43(4)45-28-16-9-17-29-45)54(48-34-22-12-23-35-48)42(3)44-26-14-8-15-27-44/h7-41H,6H2,1-5H3/b53-7-,54-42+,55-43+,56-52+. The molecule has 0 heteroatoms. The monoisotopic (exact) mass is 736 g/mol. The average molecular weight is 737 g/mol. The first kappa shape index (κ1) is 38.8. The van der Waals surface area contributed by atoms with E-state index in [0.717, 1.165) is 6.42 Å². The van der Waals surface area contributed by atoms with E-state index in [-0.39, 0.29) is 0 Å². The molecule has 0 saturated carbocycles. The fourth-order valence-corrected chi connectivity index (χ4v) is 8.67. The van der Waals surface area contributed by atoms with E-state index < -0.39 is 5.41 Å². The van der Waals surface area contributed by atoms with Gasteiger partial charge in [-0.3, -0.25) is 0 Å². The number of hydrogen-bond acceptors (Lipinski definition) is 0. The van der Waals surface area contributed by atoms with Gasteiger partial charge in [-0.15, -0.1) is 0 Å². The molecule has 0 heterocycles. The maximum Gasteiger partial charge on any atom is 0.0434 e. The van der Waals surface area contributed by atoms with Crippen LogP contribution < -0.4 is 0 Å². The lowest BCUT2D eigenvalue weighted by molar-refractivity contribution is 0.801. The Kier molecular flexibility index (Phi) is 12.2. The van der Waals surface area contributed by atoms with E-state index >= 15 is 0 Å². The SMILES string of the molecule is C/C=C(/c1ccccc1)C(C)(/C(=C(\CC)c1ccccc1)c1ccc(C(=C(/C)c2ccccc2)/C(=C(\C)c2ccccc2)c2ccccc2)cc1)c1ccccc1. The predicted molar refractivity (Wildman–Crippen MR) is 248 cm³/mol. The van der Waals surface area contributed by atoms with Crippen LogP contribution in [0.5, 0.6) is 0 Å². The molecule has 0 aliphatic heterocycles. The molecular formula is C57H52. The normalized spacial score (nSPS) is 14.2. The van der Waals surface area contributed by atoms with Crippen molar-refractivity contribution in [1.29, 1.82) is 0 Å². The highest BCUT2D eigenvalue weighted by Crippen LogP contribution is 2.52. The van der Waals surface area contributed by atoms with Crippen molar-refractivity contribution in [3.05, 3.63) is 257 Å². The maximum absolute atomic E-state index is 2.43. The molecule has 0 aliphatic rings. The van der Waals surface area contributed by atoms with Gasteiger partial charge in [0.1, 0.15) is 0 Å². The Morgan fingerprint density at radius 1 is 0.404 bits per heavy atom. The van der Waals surface area contributed by atoms with Crippen molar-refractivity contribution in [2.24, 2.45) is 0 Å². The summed E-state index contributed by atoms with van der Waals surface area (Å²) in [4.78, 5) is 0. The first-order valence-corrected chi connectivity index (χ1v) is 20.2. The molecule has 0 fully saturated rings. The van der Waals surface area contributed by atoms with Crippen LogP contribution in [0.15, 0.2) is 212 Å². The van der Waals surface area contributed by atoms with Gasteiger partial charge in [-0.1, -0.05) is 219 Å². The zero-order chi connectivity index (χ0) is 39.6. The summed E-state index contributed by atoms with van der Waals surface area (Å²) < 4.78 is 0. The molecule has 0 N–H and O–H groups in total. The second-order valence-corrected chi connectivity index (χ2v) is 14.8. The van der Waals surface area contributed by atoms with Crippen LogP contribution in [0.25, 0.3) is 39.0 Å². The van der Waals surface area contributed by atoms with Crippen LogP contribution in [0.3, 0.4) is 0 Å². The molecule has 1 unspecified atom stereocenters. The number of rotatable bonds is 12. The van der Waals surface area contributed by atoms with E-state index in [1.54, 1.807) is 0 Å². The Labute approximate surface area is 340 Å². The lowest BCUT2D eigenvalue weighted by Crippen LogP contribution is -2.27. The largest absolute Gasteiger partial charge is 0.0826 e. The van der Waals surface area contributed by atoms with Crippen molar-refractivity contribution in [3.8, 4) is 0 Å². The molecule has 0 bridgehead atoms. The molecule has 7 rings (SSSR count). The second-order valence-electron chi connectivity index (χ2n) is 14.8. The van der Waals surface area contributed by atoms with Gasteiger partial charge in [0.05, 0.1) is 0 Å². The Bertz CT molecular complexity index is 2500.